The molecule has 1 fully saturated rings. The molecule has 0 aromatic heterocycles. The molecule has 3 aromatic carbocycles. The number of benzene rings is 3. The molecular weight excluding hydrogens is 627 g/mol. The summed E-state index contributed by atoms with van der Waals surface area (Å²) in [6.45, 7) is 1.62. The van der Waals surface area contributed by atoms with Gasteiger partial charge < -0.3 is 15.1 Å². The van der Waals surface area contributed by atoms with Crippen LogP contribution < -0.4 is 10.2 Å². The van der Waals surface area contributed by atoms with Gasteiger partial charge in [0.15, 0.2) is 0 Å². The Balaban J connectivity index is 1.28. The number of unbranched alkanes of at least 4 members (excludes halogenated alkanes) is 1. The molecule has 3 aromatic rings. The molecule has 1 unspecified atom stereocenters. The summed E-state index contributed by atoms with van der Waals surface area (Å²) >= 11 is 0. The minimum absolute atomic E-state index is 0.0189. The summed E-state index contributed by atoms with van der Waals surface area (Å²) in [5.41, 5.74) is 5.77. The van der Waals surface area contributed by atoms with Gasteiger partial charge in [-0.1, -0.05) is 61.9 Å². The summed E-state index contributed by atoms with van der Waals surface area (Å²) in [6.07, 6.45) is -3.00. The lowest BCUT2D eigenvalue weighted by atomic mass is 9.88. The van der Waals surface area contributed by atoms with Crippen molar-refractivity contribution in [3.8, 4) is 11.1 Å². The second-order valence-electron chi connectivity index (χ2n) is 12.5. The predicted molar refractivity (Wildman–Crippen MR) is 163 cm³/mol. The molecule has 1 saturated heterocycles. The van der Waals surface area contributed by atoms with E-state index in [1.54, 1.807) is 29.6 Å². The lowest BCUT2D eigenvalue weighted by molar-refractivity contribution is -0.352. The van der Waals surface area contributed by atoms with E-state index in [0.717, 1.165) is 35.2 Å². The first-order valence-electron chi connectivity index (χ1n) is 15.8. The van der Waals surface area contributed by atoms with Crippen molar-refractivity contribution in [2.45, 2.75) is 75.6 Å². The SMILES string of the molecule is CCCCc1c(N2CCC(N3Cc4ccccc4C3=O)CC2)ccc2c1C(C(=O)NCC(F)(F)C(F)(F)C(F)(F)F)c1ccccc1-2. The highest BCUT2D eigenvalue weighted by Crippen LogP contribution is 2.50. The van der Waals surface area contributed by atoms with Gasteiger partial charge in [-0.3, -0.25) is 9.59 Å². The maximum absolute atomic E-state index is 14.2. The van der Waals surface area contributed by atoms with Crippen molar-refractivity contribution in [3.63, 3.8) is 0 Å². The van der Waals surface area contributed by atoms with Crippen molar-refractivity contribution in [2.75, 3.05) is 24.5 Å². The quantitative estimate of drug-likeness (QED) is 0.239. The summed E-state index contributed by atoms with van der Waals surface area (Å²) in [7, 11) is 0. The standard InChI is InChI=1S/C35H34F7N3O2/c1-2-3-9-27-28(44-17-15-22(16-18-44)45-19-21-8-4-5-10-23(21)32(45)47)14-13-26-24-11-6-7-12-25(24)30(29(26)27)31(46)43-20-33(36,37)34(38,39)35(40,41)42/h4-8,10-14,22,30H,2-3,9,15-20H2,1H3,(H,43,46). The third-order valence-corrected chi connectivity index (χ3v) is 9.62. The van der Waals surface area contributed by atoms with Crippen molar-refractivity contribution in [1.82, 2.24) is 10.2 Å². The van der Waals surface area contributed by atoms with Gasteiger partial charge >= 0.3 is 18.0 Å². The first-order chi connectivity index (χ1) is 22.3. The summed E-state index contributed by atoms with van der Waals surface area (Å²) in [6, 6.07) is 18.3. The highest BCUT2D eigenvalue weighted by Gasteiger charge is 2.72. The van der Waals surface area contributed by atoms with E-state index in [1.165, 1.54) is 0 Å². The van der Waals surface area contributed by atoms with Crippen LogP contribution in [0.15, 0.2) is 60.7 Å². The Morgan fingerprint density at radius 1 is 0.872 bits per heavy atom. The van der Waals surface area contributed by atoms with Gasteiger partial charge in [0.05, 0.1) is 12.5 Å². The Hall–Kier alpha value is -4.09. The third-order valence-electron chi connectivity index (χ3n) is 9.62. The number of nitrogens with zero attached hydrogens (tertiary/aromatic N) is 2. The van der Waals surface area contributed by atoms with Crippen LogP contribution in [0.25, 0.3) is 11.1 Å². The molecule has 0 spiro atoms. The van der Waals surface area contributed by atoms with Crippen LogP contribution in [0.5, 0.6) is 0 Å². The highest BCUT2D eigenvalue weighted by atomic mass is 19.4. The molecule has 2 heterocycles. The smallest absolute Gasteiger partial charge is 0.371 e. The number of fused-ring (bicyclic) bond motifs is 4. The Bertz CT molecular complexity index is 1680. The maximum Gasteiger partial charge on any atom is 0.459 e. The topological polar surface area (TPSA) is 52.7 Å². The minimum Gasteiger partial charge on any atom is -0.371 e. The van der Waals surface area contributed by atoms with Crippen LogP contribution >= 0.6 is 0 Å². The van der Waals surface area contributed by atoms with E-state index >= 15 is 0 Å². The van der Waals surface area contributed by atoms with Crippen LogP contribution in [0.3, 0.4) is 0 Å². The zero-order valence-corrected chi connectivity index (χ0v) is 25.6. The average Bonchev–Trinajstić information content (AvgIpc) is 3.57. The van der Waals surface area contributed by atoms with E-state index in [2.05, 4.69) is 4.90 Å². The van der Waals surface area contributed by atoms with E-state index in [4.69, 9.17) is 0 Å². The normalized spacial score (nSPS) is 18.3. The van der Waals surface area contributed by atoms with Crippen LogP contribution in [-0.2, 0) is 17.8 Å². The molecule has 2 amide bonds. The van der Waals surface area contributed by atoms with Gasteiger partial charge in [0.25, 0.3) is 5.91 Å². The minimum atomic E-state index is -6.49. The number of nitrogens with one attached hydrogen (secondary N) is 1. The summed E-state index contributed by atoms with van der Waals surface area (Å²) in [4.78, 5) is 30.8. The molecule has 5 nitrogen and oxygen atoms in total. The van der Waals surface area contributed by atoms with Crippen molar-refractivity contribution in [1.29, 1.82) is 0 Å². The number of carbonyl (C=O) groups is 2. The van der Waals surface area contributed by atoms with Gasteiger partial charge in [0.1, 0.15) is 0 Å². The summed E-state index contributed by atoms with van der Waals surface area (Å²) in [5.74, 6) is -14.1. The monoisotopic (exact) mass is 661 g/mol. The lowest BCUT2D eigenvalue weighted by Gasteiger charge is -2.39. The zero-order chi connectivity index (χ0) is 33.7. The predicted octanol–water partition coefficient (Wildman–Crippen LogP) is 7.72. The van der Waals surface area contributed by atoms with Crippen LogP contribution in [0.1, 0.15) is 71.1 Å². The fraction of sp³-hybridized carbons (Fsp3) is 0.429. The van der Waals surface area contributed by atoms with E-state index in [0.29, 0.717) is 61.2 Å². The van der Waals surface area contributed by atoms with E-state index in [-0.39, 0.29) is 11.9 Å². The van der Waals surface area contributed by atoms with Crippen LogP contribution in [0, 0.1) is 0 Å². The summed E-state index contributed by atoms with van der Waals surface area (Å²) in [5, 5.41) is 1.74. The molecule has 0 radical (unpaired) electrons. The number of piperidine rings is 1. The van der Waals surface area contributed by atoms with Crippen LogP contribution in [-0.4, -0.2) is 60.4 Å². The van der Waals surface area contributed by atoms with E-state index in [1.807, 2.05) is 48.2 Å². The van der Waals surface area contributed by atoms with Crippen molar-refractivity contribution in [2.24, 2.45) is 0 Å². The van der Waals surface area contributed by atoms with E-state index < -0.39 is 36.4 Å². The number of carbonyl (C=O) groups excluding carboxylic acids is 2. The number of amides is 2. The number of alkyl halides is 7. The molecular formula is C35H34F7N3O2. The fourth-order valence-corrected chi connectivity index (χ4v) is 7.16. The van der Waals surface area contributed by atoms with Crippen molar-refractivity contribution < 1.29 is 40.3 Å². The Labute approximate surface area is 267 Å². The molecule has 1 atom stereocenters. The van der Waals surface area contributed by atoms with Crippen molar-refractivity contribution >= 4 is 17.5 Å². The molecule has 0 saturated carbocycles. The molecule has 6 rings (SSSR count). The average molecular weight is 662 g/mol. The third kappa shape index (κ3) is 5.63. The van der Waals surface area contributed by atoms with Gasteiger partial charge in [0, 0.05) is 36.9 Å². The van der Waals surface area contributed by atoms with Gasteiger partial charge in [-0.15, -0.1) is 0 Å². The van der Waals surface area contributed by atoms with Crippen LogP contribution in [0.2, 0.25) is 0 Å². The largest absolute Gasteiger partial charge is 0.459 e. The molecule has 3 aliphatic rings. The first-order valence-corrected chi connectivity index (χ1v) is 15.8. The molecule has 250 valence electrons. The van der Waals surface area contributed by atoms with E-state index in [9.17, 15) is 40.3 Å². The Kier molecular flexibility index (Phi) is 8.50. The summed E-state index contributed by atoms with van der Waals surface area (Å²) < 4.78 is 94.0. The molecule has 1 aliphatic carbocycles. The Morgan fingerprint density at radius 2 is 1.53 bits per heavy atom. The van der Waals surface area contributed by atoms with Crippen molar-refractivity contribution in [3.05, 3.63) is 88.5 Å². The number of hydrogen-bond acceptors (Lipinski definition) is 3. The van der Waals surface area contributed by atoms with Crippen LogP contribution in [0.4, 0.5) is 36.4 Å². The van der Waals surface area contributed by atoms with Gasteiger partial charge in [-0.05, 0) is 71.2 Å². The highest BCUT2D eigenvalue weighted by molar-refractivity contribution is 5.99. The Morgan fingerprint density at radius 3 is 2.19 bits per heavy atom. The number of halogens is 7. The molecule has 0 bridgehead atoms. The second kappa shape index (κ2) is 12.2. The molecule has 2 aliphatic heterocycles. The van der Waals surface area contributed by atoms with Gasteiger partial charge in [-0.2, -0.15) is 30.7 Å². The molecule has 12 heteroatoms. The fourth-order valence-electron chi connectivity index (χ4n) is 7.16. The number of anilines is 1. The molecule has 47 heavy (non-hydrogen) atoms. The second-order valence-corrected chi connectivity index (χ2v) is 12.5. The van der Waals surface area contributed by atoms with Gasteiger partial charge in [-0.25, -0.2) is 0 Å². The first kappa shape index (κ1) is 32.8. The lowest BCUT2D eigenvalue weighted by Crippen LogP contribution is -2.57. The maximum atomic E-state index is 14.2. The number of hydrogen-bond donors (Lipinski definition) is 1. The number of rotatable bonds is 9. The molecule has 1 N–H and O–H groups in total. The van der Waals surface area contributed by atoms with Gasteiger partial charge in [0.2, 0.25) is 5.91 Å². The zero-order valence-electron chi connectivity index (χ0n) is 25.6.